The fraction of sp³-hybridized carbons (Fsp3) is 0.321. The first-order chi connectivity index (χ1) is 15.8. The molecule has 172 valence electrons. The molecule has 0 heterocycles. The molecule has 0 N–H and O–H groups in total. The first kappa shape index (κ1) is 23.4. The molecule has 0 saturated heterocycles. The summed E-state index contributed by atoms with van der Waals surface area (Å²) in [7, 11) is -2.71. The van der Waals surface area contributed by atoms with Crippen LogP contribution in [0.4, 0.5) is 4.39 Å². The molecule has 2 unspecified atom stereocenters. The van der Waals surface area contributed by atoms with Crippen molar-refractivity contribution in [2.45, 2.75) is 37.9 Å². The average Bonchev–Trinajstić information content (AvgIpc) is 3.49. The predicted octanol–water partition coefficient (Wildman–Crippen LogP) is 5.15. The van der Waals surface area contributed by atoms with Crippen LogP contribution in [0, 0.1) is 5.92 Å². The Kier molecular flexibility index (Phi) is 6.55. The Labute approximate surface area is 196 Å². The Morgan fingerprint density at radius 1 is 0.909 bits per heavy atom. The van der Waals surface area contributed by atoms with Crippen LogP contribution in [0.5, 0.6) is 0 Å². The summed E-state index contributed by atoms with van der Waals surface area (Å²) in [6.45, 7) is 6.67. The average molecular weight is 463 g/mol. The molecule has 0 bridgehead atoms. The van der Waals surface area contributed by atoms with Gasteiger partial charge in [0.1, 0.15) is 12.3 Å². The highest BCUT2D eigenvalue weighted by Gasteiger charge is 2.59. The first-order valence-corrected chi connectivity index (χ1v) is 13.3. The van der Waals surface area contributed by atoms with Crippen LogP contribution < -0.4 is 10.4 Å². The Bertz CT molecular complexity index is 1030. The molecule has 4 rings (SSSR count). The molecule has 0 amide bonds. The summed E-state index contributed by atoms with van der Waals surface area (Å²) in [4.78, 5) is 12.2. The largest absolute Gasteiger partial charge is 0.459 e. The van der Waals surface area contributed by atoms with Gasteiger partial charge < -0.3 is 9.16 Å². The number of carbonyl (C=O) groups is 1. The van der Waals surface area contributed by atoms with Crippen LogP contribution in [0.2, 0.25) is 5.04 Å². The van der Waals surface area contributed by atoms with Crippen LogP contribution in [-0.2, 0) is 9.16 Å². The second kappa shape index (κ2) is 9.24. The molecule has 1 fully saturated rings. The predicted molar refractivity (Wildman–Crippen MR) is 132 cm³/mol. The number of benzene rings is 3. The molecule has 1 saturated carbocycles. The highest BCUT2D eigenvalue weighted by atomic mass is 28.4. The van der Waals surface area contributed by atoms with Crippen molar-refractivity contribution in [3.63, 3.8) is 0 Å². The summed E-state index contributed by atoms with van der Waals surface area (Å²) in [5, 5.41) is 2.18. The molecule has 5 heteroatoms. The zero-order chi connectivity index (χ0) is 23.5. The van der Waals surface area contributed by atoms with Gasteiger partial charge in [0.25, 0.3) is 8.32 Å². The lowest BCUT2D eigenvalue weighted by Crippen LogP contribution is -2.66. The Morgan fingerprint density at radius 3 is 1.88 bits per heavy atom. The molecular weight excluding hydrogens is 431 g/mol. The zero-order valence-corrected chi connectivity index (χ0v) is 20.5. The summed E-state index contributed by atoms with van der Waals surface area (Å²) < 4.78 is 27.5. The van der Waals surface area contributed by atoms with Crippen molar-refractivity contribution < 1.29 is 18.3 Å². The van der Waals surface area contributed by atoms with Gasteiger partial charge in [-0.15, -0.1) is 0 Å². The smallest absolute Gasteiger partial charge is 0.338 e. The van der Waals surface area contributed by atoms with E-state index in [-0.39, 0.29) is 17.6 Å². The monoisotopic (exact) mass is 462 g/mol. The van der Waals surface area contributed by atoms with Gasteiger partial charge in [0.15, 0.2) is 0 Å². The first-order valence-electron chi connectivity index (χ1n) is 11.4. The number of alkyl halides is 1. The van der Waals surface area contributed by atoms with Gasteiger partial charge in [-0.25, -0.2) is 9.18 Å². The van der Waals surface area contributed by atoms with E-state index in [9.17, 15) is 4.79 Å². The van der Waals surface area contributed by atoms with Crippen LogP contribution >= 0.6 is 0 Å². The fourth-order valence-corrected chi connectivity index (χ4v) is 9.17. The summed E-state index contributed by atoms with van der Waals surface area (Å²) in [5.41, 5.74) is -1.10. The van der Waals surface area contributed by atoms with Crippen molar-refractivity contribution >= 4 is 24.7 Å². The molecule has 0 radical (unpaired) electrons. The third-order valence-electron chi connectivity index (χ3n) is 6.53. The minimum absolute atomic E-state index is 0.163. The number of esters is 1. The number of halogens is 1. The lowest BCUT2D eigenvalue weighted by atomic mass is 10.2. The lowest BCUT2D eigenvalue weighted by Gasteiger charge is -2.43. The van der Waals surface area contributed by atoms with Crippen molar-refractivity contribution in [1.29, 1.82) is 0 Å². The van der Waals surface area contributed by atoms with Crippen molar-refractivity contribution in [3.05, 3.63) is 96.6 Å². The molecular formula is C28H31FO3Si. The standard InChI is InChI=1S/C28H31FO3Si/c1-27(2,3)33(24-15-9-5-10-16-24,25-17-11-6-12-18-25)32-20-23-19-28(23,29)21-31-26(30)22-13-7-4-8-14-22/h4-18,23H,19-21H2,1-3H3. The van der Waals surface area contributed by atoms with E-state index in [1.807, 2.05) is 42.5 Å². The summed E-state index contributed by atoms with van der Waals surface area (Å²) in [5.74, 6) is -0.783. The minimum atomic E-state index is -2.71. The van der Waals surface area contributed by atoms with Crippen LogP contribution in [0.1, 0.15) is 37.6 Å². The molecule has 33 heavy (non-hydrogen) atoms. The second-order valence-electron chi connectivity index (χ2n) is 9.85. The summed E-state index contributed by atoms with van der Waals surface area (Å²) >= 11 is 0. The van der Waals surface area contributed by atoms with Crippen molar-refractivity contribution in [2.75, 3.05) is 13.2 Å². The Balaban J connectivity index is 1.51. The summed E-state index contributed by atoms with van der Waals surface area (Å²) in [6.07, 6.45) is 0.341. The number of hydrogen-bond donors (Lipinski definition) is 0. The number of carbonyl (C=O) groups excluding carboxylic acids is 1. The SMILES string of the molecule is CC(C)(C)[Si](OCC1CC1(F)COC(=O)c1ccccc1)(c1ccccc1)c1ccccc1. The van der Waals surface area contributed by atoms with Gasteiger partial charge in [-0.1, -0.05) is 99.6 Å². The van der Waals surface area contributed by atoms with E-state index in [0.29, 0.717) is 18.6 Å². The number of ether oxygens (including phenoxy) is 1. The topological polar surface area (TPSA) is 35.5 Å². The molecule has 0 spiro atoms. The maximum atomic E-state index is 15.4. The number of rotatable bonds is 8. The van der Waals surface area contributed by atoms with E-state index in [1.165, 1.54) is 10.4 Å². The third-order valence-corrected chi connectivity index (χ3v) is 11.5. The van der Waals surface area contributed by atoms with E-state index in [2.05, 4.69) is 45.0 Å². The maximum Gasteiger partial charge on any atom is 0.338 e. The normalized spacial score (nSPS) is 20.3. The van der Waals surface area contributed by atoms with Crippen LogP contribution in [0.15, 0.2) is 91.0 Å². The molecule has 2 atom stereocenters. The second-order valence-corrected chi connectivity index (χ2v) is 14.2. The van der Waals surface area contributed by atoms with Crippen LogP contribution in [0.3, 0.4) is 0 Å². The van der Waals surface area contributed by atoms with Crippen molar-refractivity contribution in [2.24, 2.45) is 5.92 Å². The highest BCUT2D eigenvalue weighted by molar-refractivity contribution is 6.99. The lowest BCUT2D eigenvalue weighted by molar-refractivity contribution is 0.0330. The van der Waals surface area contributed by atoms with Gasteiger partial charge >= 0.3 is 5.97 Å². The van der Waals surface area contributed by atoms with Gasteiger partial charge in [0.2, 0.25) is 0 Å². The van der Waals surface area contributed by atoms with Gasteiger partial charge in [-0.05, 0) is 34.0 Å². The molecule has 3 aromatic carbocycles. The molecule has 0 aliphatic heterocycles. The zero-order valence-electron chi connectivity index (χ0n) is 19.5. The molecule has 3 aromatic rings. The third kappa shape index (κ3) is 4.80. The molecule has 1 aliphatic rings. The van der Waals surface area contributed by atoms with Crippen LogP contribution in [0.25, 0.3) is 0 Å². The van der Waals surface area contributed by atoms with Gasteiger partial charge in [0, 0.05) is 12.5 Å². The van der Waals surface area contributed by atoms with Crippen LogP contribution in [-0.4, -0.2) is 33.2 Å². The Hall–Kier alpha value is -2.76. The molecule has 1 aliphatic carbocycles. The van der Waals surface area contributed by atoms with Crippen molar-refractivity contribution in [3.8, 4) is 0 Å². The van der Waals surface area contributed by atoms with Gasteiger partial charge in [-0.3, -0.25) is 0 Å². The van der Waals surface area contributed by atoms with Gasteiger partial charge in [-0.2, -0.15) is 0 Å². The summed E-state index contributed by atoms with van der Waals surface area (Å²) in [6, 6.07) is 29.4. The van der Waals surface area contributed by atoms with E-state index in [0.717, 1.165) is 0 Å². The van der Waals surface area contributed by atoms with Gasteiger partial charge in [0.05, 0.1) is 5.56 Å². The fourth-order valence-electron chi connectivity index (χ4n) is 4.57. The van der Waals surface area contributed by atoms with E-state index in [1.54, 1.807) is 24.3 Å². The van der Waals surface area contributed by atoms with E-state index in [4.69, 9.17) is 9.16 Å². The van der Waals surface area contributed by atoms with E-state index < -0.39 is 20.0 Å². The molecule has 0 aromatic heterocycles. The quantitative estimate of drug-likeness (QED) is 0.343. The molecule has 3 nitrogen and oxygen atoms in total. The minimum Gasteiger partial charge on any atom is -0.459 e. The van der Waals surface area contributed by atoms with E-state index >= 15 is 4.39 Å². The van der Waals surface area contributed by atoms with Crippen molar-refractivity contribution in [1.82, 2.24) is 0 Å². The highest BCUT2D eigenvalue weighted by Crippen LogP contribution is 2.49. The Morgan fingerprint density at radius 2 is 1.39 bits per heavy atom. The number of hydrogen-bond acceptors (Lipinski definition) is 3. The maximum absolute atomic E-state index is 15.4.